The first-order valence-corrected chi connectivity index (χ1v) is 36.6. The van der Waals surface area contributed by atoms with Gasteiger partial charge in [-0.1, -0.05) is 267 Å². The van der Waals surface area contributed by atoms with E-state index in [0.717, 1.165) is 156 Å². The highest BCUT2D eigenvalue weighted by Gasteiger charge is 2.28. The van der Waals surface area contributed by atoms with Crippen molar-refractivity contribution < 1.29 is 17.7 Å². The number of aromatic nitrogens is 2. The summed E-state index contributed by atoms with van der Waals surface area (Å²) in [7, 11) is 0. The average molecular weight is 1380 g/mol. The molecule has 0 atom stereocenters. The summed E-state index contributed by atoms with van der Waals surface area (Å²) in [5.41, 5.74) is 35.2. The molecule has 17 aromatic carbocycles. The molecule has 21 rings (SSSR count). The summed E-state index contributed by atoms with van der Waals surface area (Å²) in [5, 5.41) is 0. The molecule has 21 aromatic rings. The van der Waals surface area contributed by atoms with Crippen LogP contribution in [0.5, 0.6) is 0 Å². The van der Waals surface area contributed by atoms with Crippen molar-refractivity contribution in [1.29, 1.82) is 0 Å². The summed E-state index contributed by atoms with van der Waals surface area (Å²) < 4.78 is 35.4. The molecule has 0 spiro atoms. The fourth-order valence-electron chi connectivity index (χ4n) is 16.0. The predicted molar refractivity (Wildman–Crippen MR) is 445 cm³/mol. The summed E-state index contributed by atoms with van der Waals surface area (Å²) in [6, 6.07) is 139. The standard InChI is InChI=1S/C102H64N2O4/c1-9-25-65(26-10-1)77-49-78(66-27-11-2-12-28-66)54-85(53-77)73-41-45-89-93(61-73)105-99-97-101(107-94-62-74(42-46-90(94)103(89)97)86-55-79(67-29-13-3-14-30-67)50-80(56-86)68-31-15-4-16-32-68)102-98-100(99)106-95-63-75(87-57-81(69-33-17-5-18-34-69)51-82(58-87)70-35-19-6-20-36-70)43-47-91(95)104(98)92-48-44-76(64-96(92)108-102)88-59-83(71-37-21-7-22-38-71)52-84(60-88)72-39-23-8-24-40-72/h1-64H. The summed E-state index contributed by atoms with van der Waals surface area (Å²) >= 11 is 0. The molecule has 0 aliphatic rings. The molecule has 6 heteroatoms. The van der Waals surface area contributed by atoms with Gasteiger partial charge in [0.1, 0.15) is 11.0 Å². The van der Waals surface area contributed by atoms with E-state index in [1.165, 1.54) is 0 Å². The smallest absolute Gasteiger partial charge is 0.200 e. The molecule has 0 bridgehead atoms. The Hall–Kier alpha value is -14.5. The Kier molecular flexibility index (Phi) is 14.8. The molecule has 0 saturated carbocycles. The van der Waals surface area contributed by atoms with E-state index < -0.39 is 0 Å². The largest absolute Gasteiger partial charge is 0.449 e. The Labute approximate surface area is 622 Å². The lowest BCUT2D eigenvalue weighted by Crippen LogP contribution is -2.02. The van der Waals surface area contributed by atoms with E-state index in [1.54, 1.807) is 0 Å². The summed E-state index contributed by atoms with van der Waals surface area (Å²) in [6.45, 7) is 0. The third-order valence-corrected chi connectivity index (χ3v) is 21.3. The van der Waals surface area contributed by atoms with E-state index in [-0.39, 0.29) is 0 Å². The lowest BCUT2D eigenvalue weighted by atomic mass is 9.93. The van der Waals surface area contributed by atoms with Crippen molar-refractivity contribution in [3.63, 3.8) is 0 Å². The van der Waals surface area contributed by atoms with Crippen LogP contribution < -0.4 is 0 Å². The quantitative estimate of drug-likeness (QED) is 0.0903. The van der Waals surface area contributed by atoms with Crippen LogP contribution in [0.15, 0.2) is 406 Å². The zero-order valence-electron chi connectivity index (χ0n) is 58.5. The molecule has 0 aliphatic carbocycles. The van der Waals surface area contributed by atoms with Crippen LogP contribution in [0, 0.1) is 0 Å². The van der Waals surface area contributed by atoms with E-state index >= 15 is 0 Å². The zero-order chi connectivity index (χ0) is 71.2. The van der Waals surface area contributed by atoms with Crippen molar-refractivity contribution in [1.82, 2.24) is 8.80 Å². The normalized spacial score (nSPS) is 11.7. The lowest BCUT2D eigenvalue weighted by Gasteiger charge is -2.20. The van der Waals surface area contributed by atoms with Crippen LogP contribution in [-0.4, -0.2) is 8.80 Å². The number of nitrogens with zero attached hydrogens (tertiary/aromatic N) is 2. The Morgan fingerprint density at radius 2 is 0.278 bits per heavy atom. The van der Waals surface area contributed by atoms with E-state index in [4.69, 9.17) is 17.7 Å². The molecule has 0 saturated heterocycles. The van der Waals surface area contributed by atoms with Crippen molar-refractivity contribution >= 4 is 77.8 Å². The van der Waals surface area contributed by atoms with Gasteiger partial charge in [0, 0.05) is 0 Å². The van der Waals surface area contributed by atoms with Gasteiger partial charge in [0.15, 0.2) is 44.7 Å². The van der Waals surface area contributed by atoms with Gasteiger partial charge in [-0.15, -0.1) is 0 Å². The Morgan fingerprint density at radius 1 is 0.130 bits per heavy atom. The highest BCUT2D eigenvalue weighted by molar-refractivity contribution is 6.20. The van der Waals surface area contributed by atoms with Crippen LogP contribution >= 0.6 is 0 Å². The monoisotopic (exact) mass is 1380 g/mol. The zero-order valence-corrected chi connectivity index (χ0v) is 58.5. The van der Waals surface area contributed by atoms with Gasteiger partial charge >= 0.3 is 0 Å². The first-order valence-electron chi connectivity index (χ1n) is 36.6. The molecule has 0 N–H and O–H groups in total. The molecular formula is C102H64N2O4. The second kappa shape index (κ2) is 25.7. The van der Waals surface area contributed by atoms with Crippen LogP contribution in [-0.2, 0) is 0 Å². The minimum atomic E-state index is 0.488. The predicted octanol–water partition coefficient (Wildman–Crippen LogP) is 28.6. The third kappa shape index (κ3) is 11.0. The van der Waals surface area contributed by atoms with Crippen LogP contribution in [0.4, 0.5) is 0 Å². The Morgan fingerprint density at radius 3 is 0.435 bits per heavy atom. The van der Waals surface area contributed by atoms with E-state index in [9.17, 15) is 0 Å². The molecule has 4 aromatic heterocycles. The van der Waals surface area contributed by atoms with Gasteiger partial charge in [-0.25, -0.2) is 0 Å². The van der Waals surface area contributed by atoms with E-state index in [2.05, 4.69) is 397 Å². The maximum Gasteiger partial charge on any atom is 0.200 e. The second-order valence-electron chi connectivity index (χ2n) is 27.9. The molecule has 6 nitrogen and oxygen atoms in total. The molecule has 0 aliphatic heterocycles. The summed E-state index contributed by atoms with van der Waals surface area (Å²) in [5.74, 6) is 0. The molecule has 108 heavy (non-hydrogen) atoms. The van der Waals surface area contributed by atoms with Crippen LogP contribution in [0.3, 0.4) is 0 Å². The number of fused-ring (bicyclic) bond motifs is 10. The molecule has 506 valence electrons. The van der Waals surface area contributed by atoms with E-state index in [1.807, 2.05) is 0 Å². The third-order valence-electron chi connectivity index (χ3n) is 21.3. The fourth-order valence-corrected chi connectivity index (χ4v) is 16.0. The van der Waals surface area contributed by atoms with Gasteiger partial charge < -0.3 is 17.7 Å². The lowest BCUT2D eigenvalue weighted by molar-refractivity contribution is 0.597. The van der Waals surface area contributed by atoms with Gasteiger partial charge in [0.25, 0.3) is 0 Å². The van der Waals surface area contributed by atoms with Gasteiger partial charge in [-0.05, 0) is 255 Å². The first-order chi connectivity index (χ1) is 53.5. The van der Waals surface area contributed by atoms with Gasteiger partial charge in [-0.2, -0.15) is 0 Å². The average Bonchev–Trinajstić information content (AvgIpc) is 0.684. The van der Waals surface area contributed by atoms with Crippen molar-refractivity contribution in [3.05, 3.63) is 388 Å². The molecule has 0 unspecified atom stereocenters. The van der Waals surface area contributed by atoms with Crippen molar-refractivity contribution in [2.75, 3.05) is 0 Å². The molecular weight excluding hydrogens is 1320 g/mol. The van der Waals surface area contributed by atoms with E-state index in [0.29, 0.717) is 55.7 Å². The van der Waals surface area contributed by atoms with Crippen molar-refractivity contribution in [3.8, 4) is 134 Å². The minimum absolute atomic E-state index is 0.488. The topological polar surface area (TPSA) is 61.4 Å². The Balaban J connectivity index is 0.870. The second-order valence-corrected chi connectivity index (χ2v) is 27.9. The van der Waals surface area contributed by atoms with Gasteiger partial charge in [0.05, 0.1) is 22.1 Å². The molecule has 4 heterocycles. The summed E-state index contributed by atoms with van der Waals surface area (Å²) in [4.78, 5) is 0. The highest BCUT2D eigenvalue weighted by atomic mass is 16.4. The van der Waals surface area contributed by atoms with Gasteiger partial charge in [0.2, 0.25) is 0 Å². The summed E-state index contributed by atoms with van der Waals surface area (Å²) in [6.07, 6.45) is 0. The SMILES string of the molecule is c1ccc(-c2cc(-c3ccccc3)cc(-c3ccc4c(c3)oc3c5oc6cc(-c7cc(-c8ccccc8)cc(-c8ccccc8)c7)ccc6n6c7ccc(-c8cc(-c9ccccc9)cc(-c9ccccc9)c8)cc7oc(c7oc8cc(-c9cc(-c%10ccccc%10)cc(-c%10ccccc%10)c9)ccc8n4c37)c56)c2)cc1. The Bertz CT molecular complexity index is 6030. The van der Waals surface area contributed by atoms with Crippen LogP contribution in [0.25, 0.3) is 211 Å². The van der Waals surface area contributed by atoms with Crippen molar-refractivity contribution in [2.45, 2.75) is 0 Å². The maximum atomic E-state index is 7.70. The number of hydrogen-bond acceptors (Lipinski definition) is 4. The minimum Gasteiger partial charge on any atom is -0.449 e. The van der Waals surface area contributed by atoms with Gasteiger partial charge in [-0.3, -0.25) is 8.80 Å². The molecule has 0 fully saturated rings. The fraction of sp³-hybridized carbons (Fsp3) is 0. The number of rotatable bonds is 12. The van der Waals surface area contributed by atoms with Crippen molar-refractivity contribution in [2.24, 2.45) is 0 Å². The van der Waals surface area contributed by atoms with Crippen LogP contribution in [0.1, 0.15) is 0 Å². The maximum absolute atomic E-state index is 7.70. The van der Waals surface area contributed by atoms with Crippen LogP contribution in [0.2, 0.25) is 0 Å². The molecule has 0 amide bonds. The first kappa shape index (κ1) is 62.1. The molecule has 0 radical (unpaired) electrons. The number of hydrogen-bond donors (Lipinski definition) is 0. The highest BCUT2D eigenvalue weighted by Crippen LogP contribution is 2.47. The number of benzene rings is 17.